The van der Waals surface area contributed by atoms with Gasteiger partial charge in [-0.1, -0.05) is 0 Å². The van der Waals surface area contributed by atoms with Gasteiger partial charge in [0.15, 0.2) is 6.19 Å². The van der Waals surface area contributed by atoms with Crippen LogP contribution in [0.2, 0.25) is 0 Å². The Kier molecular flexibility index (Phi) is 7.48. The number of aromatic nitrogens is 3. The van der Waals surface area contributed by atoms with E-state index in [1.165, 1.54) is 16.8 Å². The average Bonchev–Trinajstić information content (AvgIpc) is 3.32. The summed E-state index contributed by atoms with van der Waals surface area (Å²) in [5.41, 5.74) is 1.29. The van der Waals surface area contributed by atoms with Crippen LogP contribution in [-0.2, 0) is 6.18 Å². The number of pyridine rings is 2. The Morgan fingerprint density at radius 3 is 2.55 bits per heavy atom. The summed E-state index contributed by atoms with van der Waals surface area (Å²) in [6, 6.07) is 6.27. The molecule has 10 nitrogen and oxygen atoms in total. The van der Waals surface area contributed by atoms with Crippen molar-refractivity contribution in [3.63, 3.8) is 0 Å². The van der Waals surface area contributed by atoms with E-state index in [2.05, 4.69) is 21.3 Å². The van der Waals surface area contributed by atoms with Crippen molar-refractivity contribution in [1.82, 2.24) is 19.3 Å². The number of nitriles is 2. The molecule has 0 saturated carbocycles. The Morgan fingerprint density at radius 2 is 1.92 bits per heavy atom. The Balaban J connectivity index is 1.69. The predicted octanol–water partition coefficient (Wildman–Crippen LogP) is 3.83. The van der Waals surface area contributed by atoms with Gasteiger partial charge < -0.3 is 15.5 Å². The van der Waals surface area contributed by atoms with Gasteiger partial charge in [0, 0.05) is 42.7 Å². The van der Waals surface area contributed by atoms with Gasteiger partial charge in [-0.3, -0.25) is 14.4 Å². The molecule has 0 spiro atoms. The monoisotopic (exact) mass is 523 g/mol. The highest BCUT2D eigenvalue weighted by Crippen LogP contribution is 2.32. The summed E-state index contributed by atoms with van der Waals surface area (Å²) >= 11 is 0. The van der Waals surface area contributed by atoms with Gasteiger partial charge in [0.25, 0.3) is 0 Å². The first-order chi connectivity index (χ1) is 18.1. The molecule has 1 unspecified atom stereocenters. The van der Waals surface area contributed by atoms with Crippen LogP contribution in [-0.4, -0.2) is 49.8 Å². The number of nitrogens with two attached hydrogens (primary N) is 1. The molecule has 38 heavy (non-hydrogen) atoms. The molecular formula is C25H24F3N9O. The van der Waals surface area contributed by atoms with Gasteiger partial charge in [-0.25, -0.2) is 4.98 Å². The van der Waals surface area contributed by atoms with Crippen molar-refractivity contribution in [2.45, 2.75) is 45.0 Å². The highest BCUT2D eigenvalue weighted by Gasteiger charge is 2.31. The van der Waals surface area contributed by atoms with Crippen LogP contribution in [0.1, 0.15) is 55.2 Å². The van der Waals surface area contributed by atoms with Crippen LogP contribution < -0.4 is 10.6 Å². The molecule has 2 N–H and O–H groups in total. The lowest BCUT2D eigenvalue weighted by Crippen LogP contribution is -2.32. The van der Waals surface area contributed by atoms with Crippen molar-refractivity contribution < 1.29 is 17.9 Å². The van der Waals surface area contributed by atoms with E-state index in [-0.39, 0.29) is 23.2 Å². The number of alkyl halides is 3. The predicted molar refractivity (Wildman–Crippen MR) is 132 cm³/mol. The van der Waals surface area contributed by atoms with E-state index in [0.29, 0.717) is 48.6 Å². The van der Waals surface area contributed by atoms with Gasteiger partial charge in [-0.15, -0.1) is 0 Å². The summed E-state index contributed by atoms with van der Waals surface area (Å²) in [6.07, 6.45) is 1.57. The second-order valence-electron chi connectivity index (χ2n) is 8.81. The molecule has 0 radical (unpaired) electrons. The maximum absolute atomic E-state index is 13.2. The molecule has 0 aliphatic carbocycles. The Morgan fingerprint density at radius 1 is 1.18 bits per heavy atom. The third-order valence-electron chi connectivity index (χ3n) is 6.27. The SMILES string of the molecule is CC(=NC1CCN(C#N)CC1)/C(=N\N)c1cc(OC(C)c2cncc(C(F)(F)F)c2)n2c(C#N)cnc2c1. The van der Waals surface area contributed by atoms with E-state index in [9.17, 15) is 18.4 Å². The Hall–Kier alpha value is -4.65. The normalized spacial score (nSPS) is 16.2. The summed E-state index contributed by atoms with van der Waals surface area (Å²) in [4.78, 5) is 14.4. The molecule has 4 heterocycles. The average molecular weight is 524 g/mol. The summed E-state index contributed by atoms with van der Waals surface area (Å²) in [6.45, 7) is 4.59. The highest BCUT2D eigenvalue weighted by molar-refractivity contribution is 6.47. The lowest BCUT2D eigenvalue weighted by atomic mass is 10.0. The second-order valence-corrected chi connectivity index (χ2v) is 8.81. The van der Waals surface area contributed by atoms with Crippen LogP contribution in [0.15, 0.2) is 46.9 Å². The van der Waals surface area contributed by atoms with E-state index in [1.807, 2.05) is 6.07 Å². The molecule has 196 valence electrons. The molecule has 13 heteroatoms. The van der Waals surface area contributed by atoms with Crippen molar-refractivity contribution >= 4 is 17.1 Å². The van der Waals surface area contributed by atoms with E-state index in [1.54, 1.807) is 30.9 Å². The quantitative estimate of drug-likeness (QED) is 0.224. The zero-order valence-corrected chi connectivity index (χ0v) is 20.6. The minimum absolute atomic E-state index is 0.000787. The lowest BCUT2D eigenvalue weighted by molar-refractivity contribution is -0.137. The summed E-state index contributed by atoms with van der Waals surface area (Å²) in [7, 11) is 0. The number of imidazole rings is 1. The van der Waals surface area contributed by atoms with Gasteiger partial charge >= 0.3 is 6.18 Å². The largest absolute Gasteiger partial charge is 0.471 e. The summed E-state index contributed by atoms with van der Waals surface area (Å²) < 4.78 is 47.1. The fourth-order valence-corrected chi connectivity index (χ4v) is 4.27. The Labute approximate surface area is 216 Å². The first-order valence-electron chi connectivity index (χ1n) is 11.7. The van der Waals surface area contributed by atoms with Crippen LogP contribution in [0, 0.1) is 22.8 Å². The third kappa shape index (κ3) is 5.52. The number of aliphatic imine (C=N–C) groups is 1. The van der Waals surface area contributed by atoms with Gasteiger partial charge in [0.2, 0.25) is 5.88 Å². The molecule has 1 aliphatic rings. The number of piperidine rings is 1. The molecule has 0 aromatic carbocycles. The van der Waals surface area contributed by atoms with Crippen LogP contribution in [0.25, 0.3) is 5.65 Å². The van der Waals surface area contributed by atoms with Crippen molar-refractivity contribution in [1.29, 1.82) is 10.5 Å². The smallest absolute Gasteiger partial charge is 0.417 e. The summed E-state index contributed by atoms with van der Waals surface area (Å²) in [5, 5.41) is 22.6. The highest BCUT2D eigenvalue weighted by atomic mass is 19.4. The van der Waals surface area contributed by atoms with Crippen LogP contribution >= 0.6 is 0 Å². The number of likely N-dealkylation sites (tertiary alicyclic amines) is 1. The molecule has 3 aromatic rings. The minimum Gasteiger partial charge on any atom is -0.471 e. The number of halogens is 3. The van der Waals surface area contributed by atoms with E-state index >= 15 is 0 Å². The summed E-state index contributed by atoms with van der Waals surface area (Å²) in [5.74, 6) is 5.91. The first-order valence-corrected chi connectivity index (χ1v) is 11.7. The number of hydrogen-bond donors (Lipinski definition) is 1. The van der Waals surface area contributed by atoms with Crippen LogP contribution in [0.3, 0.4) is 0 Å². The molecule has 3 aromatic heterocycles. The molecule has 0 amide bonds. The topological polar surface area (TPSA) is 141 Å². The van der Waals surface area contributed by atoms with Crippen molar-refractivity contribution in [2.24, 2.45) is 15.9 Å². The first kappa shape index (κ1) is 26.4. The van der Waals surface area contributed by atoms with E-state index in [0.717, 1.165) is 12.3 Å². The maximum Gasteiger partial charge on any atom is 0.417 e. The number of fused-ring (bicyclic) bond motifs is 1. The van der Waals surface area contributed by atoms with E-state index < -0.39 is 17.8 Å². The maximum atomic E-state index is 13.2. The number of hydrazone groups is 1. The van der Waals surface area contributed by atoms with Crippen LogP contribution in [0.5, 0.6) is 5.88 Å². The van der Waals surface area contributed by atoms with E-state index in [4.69, 9.17) is 20.8 Å². The zero-order valence-electron chi connectivity index (χ0n) is 20.6. The standard InChI is InChI=1S/C25H24F3N9O/c1-15(34-20-3-5-36(14-30)6-4-20)24(35-31)17-8-22-33-13-21(10-29)37(22)23(9-17)38-16(2)18-7-19(12-32-11-18)25(26,27)28/h7-9,11-13,16,20H,3-6,31H2,1-2H3/b34-15?,35-24+. The molecule has 1 saturated heterocycles. The number of ether oxygens (including phenoxy) is 1. The van der Waals surface area contributed by atoms with Crippen molar-refractivity contribution in [2.75, 3.05) is 13.1 Å². The van der Waals surface area contributed by atoms with Gasteiger partial charge in [-0.2, -0.15) is 28.8 Å². The third-order valence-corrected chi connectivity index (χ3v) is 6.27. The Bertz CT molecular complexity index is 1470. The second kappa shape index (κ2) is 10.8. The molecule has 1 fully saturated rings. The van der Waals surface area contributed by atoms with Gasteiger partial charge in [0.05, 0.1) is 23.5 Å². The zero-order chi connectivity index (χ0) is 27.4. The van der Waals surface area contributed by atoms with Crippen molar-refractivity contribution in [3.05, 3.63) is 59.2 Å². The molecule has 4 rings (SSSR count). The minimum atomic E-state index is -4.55. The number of hydrogen-bond acceptors (Lipinski definition) is 9. The molecular weight excluding hydrogens is 499 g/mol. The molecule has 1 atom stereocenters. The molecule has 0 bridgehead atoms. The van der Waals surface area contributed by atoms with Gasteiger partial charge in [0.1, 0.15) is 29.2 Å². The van der Waals surface area contributed by atoms with Gasteiger partial charge in [-0.05, 0) is 38.8 Å². The lowest BCUT2D eigenvalue weighted by Gasteiger charge is -2.26. The number of rotatable bonds is 6. The number of nitrogens with zero attached hydrogens (tertiary/aromatic N) is 8. The fourth-order valence-electron chi connectivity index (χ4n) is 4.27. The van der Waals surface area contributed by atoms with Crippen molar-refractivity contribution in [3.8, 4) is 18.1 Å². The van der Waals surface area contributed by atoms with Crippen LogP contribution in [0.4, 0.5) is 13.2 Å². The fraction of sp³-hybridized carbons (Fsp3) is 0.360. The molecule has 1 aliphatic heterocycles.